The zero-order chi connectivity index (χ0) is 10.3. The standard InChI is InChI=1S/C10H21NO2/c1-4-5-8(2)9(3)11-10(6-12)7-13/h4,8-13H,1,5-7H2,2-3H3. The maximum atomic E-state index is 8.84. The quantitative estimate of drug-likeness (QED) is 0.510. The highest BCUT2D eigenvalue weighted by atomic mass is 16.3. The lowest BCUT2D eigenvalue weighted by Gasteiger charge is -2.24. The molecular formula is C10H21NO2. The minimum absolute atomic E-state index is 0.0261. The second-order valence-corrected chi connectivity index (χ2v) is 3.52. The van der Waals surface area contributed by atoms with Crippen molar-refractivity contribution in [1.29, 1.82) is 0 Å². The van der Waals surface area contributed by atoms with Crippen molar-refractivity contribution >= 4 is 0 Å². The first-order chi connectivity index (χ1) is 6.15. The van der Waals surface area contributed by atoms with Gasteiger partial charge in [0.05, 0.1) is 19.3 Å². The van der Waals surface area contributed by atoms with Gasteiger partial charge in [-0.2, -0.15) is 0 Å². The molecule has 3 N–H and O–H groups in total. The summed E-state index contributed by atoms with van der Waals surface area (Å²) < 4.78 is 0. The minimum Gasteiger partial charge on any atom is -0.395 e. The second kappa shape index (κ2) is 7.06. The molecule has 0 saturated heterocycles. The lowest BCUT2D eigenvalue weighted by Crippen LogP contribution is -2.44. The average molecular weight is 187 g/mol. The fourth-order valence-corrected chi connectivity index (χ4v) is 1.17. The fourth-order valence-electron chi connectivity index (χ4n) is 1.17. The lowest BCUT2D eigenvalue weighted by atomic mass is 9.99. The number of aliphatic hydroxyl groups excluding tert-OH is 2. The SMILES string of the molecule is C=CCC(C)C(C)NC(CO)CO. The summed E-state index contributed by atoms with van der Waals surface area (Å²) in [5, 5.41) is 20.8. The molecule has 0 aromatic heterocycles. The average Bonchev–Trinajstić information content (AvgIpc) is 2.14. The van der Waals surface area contributed by atoms with Gasteiger partial charge in [0.15, 0.2) is 0 Å². The van der Waals surface area contributed by atoms with Crippen molar-refractivity contribution in [3.63, 3.8) is 0 Å². The van der Waals surface area contributed by atoms with E-state index >= 15 is 0 Å². The Labute approximate surface area is 80.5 Å². The van der Waals surface area contributed by atoms with Crippen LogP contribution in [-0.2, 0) is 0 Å². The van der Waals surface area contributed by atoms with Gasteiger partial charge in [-0.3, -0.25) is 0 Å². The molecule has 2 unspecified atom stereocenters. The van der Waals surface area contributed by atoms with E-state index in [1.54, 1.807) is 0 Å². The van der Waals surface area contributed by atoms with Gasteiger partial charge in [-0.25, -0.2) is 0 Å². The molecule has 0 aromatic carbocycles. The Morgan fingerprint density at radius 1 is 1.31 bits per heavy atom. The van der Waals surface area contributed by atoms with Crippen LogP contribution in [0.15, 0.2) is 12.7 Å². The molecule has 0 saturated carbocycles. The van der Waals surface area contributed by atoms with Gasteiger partial charge in [-0.05, 0) is 19.3 Å². The summed E-state index contributed by atoms with van der Waals surface area (Å²) in [6.45, 7) is 7.79. The van der Waals surface area contributed by atoms with Crippen molar-refractivity contribution in [1.82, 2.24) is 5.32 Å². The van der Waals surface area contributed by atoms with Crippen molar-refractivity contribution < 1.29 is 10.2 Å². The Morgan fingerprint density at radius 2 is 1.85 bits per heavy atom. The predicted molar refractivity (Wildman–Crippen MR) is 54.5 cm³/mol. The zero-order valence-electron chi connectivity index (χ0n) is 8.53. The first-order valence-corrected chi connectivity index (χ1v) is 4.74. The van der Waals surface area contributed by atoms with Gasteiger partial charge in [0.2, 0.25) is 0 Å². The summed E-state index contributed by atoms with van der Waals surface area (Å²) in [4.78, 5) is 0. The first-order valence-electron chi connectivity index (χ1n) is 4.74. The van der Waals surface area contributed by atoms with Crippen molar-refractivity contribution in [2.45, 2.75) is 32.4 Å². The predicted octanol–water partition coefficient (Wildman–Crippen LogP) is 0.530. The van der Waals surface area contributed by atoms with Crippen LogP contribution in [0.25, 0.3) is 0 Å². The zero-order valence-corrected chi connectivity index (χ0v) is 8.53. The van der Waals surface area contributed by atoms with Crippen LogP contribution in [-0.4, -0.2) is 35.5 Å². The summed E-state index contributed by atoms with van der Waals surface area (Å²) >= 11 is 0. The number of allylic oxidation sites excluding steroid dienone is 1. The number of nitrogens with one attached hydrogen (secondary N) is 1. The van der Waals surface area contributed by atoms with Gasteiger partial charge < -0.3 is 15.5 Å². The van der Waals surface area contributed by atoms with Gasteiger partial charge in [0.25, 0.3) is 0 Å². The molecule has 3 nitrogen and oxygen atoms in total. The Bertz CT molecular complexity index is 135. The molecule has 0 aliphatic heterocycles. The largest absolute Gasteiger partial charge is 0.395 e. The highest BCUT2D eigenvalue weighted by Crippen LogP contribution is 2.08. The van der Waals surface area contributed by atoms with E-state index < -0.39 is 0 Å². The van der Waals surface area contributed by atoms with Crippen LogP contribution < -0.4 is 5.32 Å². The van der Waals surface area contributed by atoms with Crippen LogP contribution in [0.2, 0.25) is 0 Å². The molecule has 2 atom stereocenters. The van der Waals surface area contributed by atoms with E-state index in [0.29, 0.717) is 5.92 Å². The van der Waals surface area contributed by atoms with Crippen LogP contribution in [0.3, 0.4) is 0 Å². The molecular weight excluding hydrogens is 166 g/mol. The number of rotatable bonds is 7. The topological polar surface area (TPSA) is 52.5 Å². The Morgan fingerprint density at radius 3 is 2.23 bits per heavy atom. The summed E-state index contributed by atoms with van der Waals surface area (Å²) in [5.41, 5.74) is 0. The number of aliphatic hydroxyl groups is 2. The van der Waals surface area contributed by atoms with Crippen LogP contribution >= 0.6 is 0 Å². The number of hydrogen-bond donors (Lipinski definition) is 3. The van der Waals surface area contributed by atoms with E-state index in [0.717, 1.165) is 6.42 Å². The van der Waals surface area contributed by atoms with E-state index in [1.165, 1.54) is 0 Å². The molecule has 0 aromatic rings. The molecule has 0 aliphatic rings. The molecule has 0 spiro atoms. The smallest absolute Gasteiger partial charge is 0.0607 e. The highest BCUT2D eigenvalue weighted by Gasteiger charge is 2.14. The summed E-state index contributed by atoms with van der Waals surface area (Å²) in [6.07, 6.45) is 2.83. The normalized spacial score (nSPS) is 15.8. The molecule has 0 amide bonds. The van der Waals surface area contributed by atoms with Crippen LogP contribution in [0.4, 0.5) is 0 Å². The van der Waals surface area contributed by atoms with Crippen molar-refractivity contribution in [2.24, 2.45) is 5.92 Å². The third kappa shape index (κ3) is 5.03. The minimum atomic E-state index is -0.206. The molecule has 0 heterocycles. The molecule has 0 fully saturated rings. The summed E-state index contributed by atoms with van der Waals surface area (Å²) in [6, 6.07) is 0.0737. The van der Waals surface area contributed by atoms with Crippen LogP contribution in [0, 0.1) is 5.92 Å². The maximum Gasteiger partial charge on any atom is 0.0607 e. The van der Waals surface area contributed by atoms with Crippen LogP contribution in [0.1, 0.15) is 20.3 Å². The molecule has 13 heavy (non-hydrogen) atoms. The lowest BCUT2D eigenvalue weighted by molar-refractivity contribution is 0.156. The van der Waals surface area contributed by atoms with E-state index in [1.807, 2.05) is 13.0 Å². The number of hydrogen-bond acceptors (Lipinski definition) is 3. The van der Waals surface area contributed by atoms with Crippen LogP contribution in [0.5, 0.6) is 0 Å². The van der Waals surface area contributed by atoms with Gasteiger partial charge >= 0.3 is 0 Å². The van der Waals surface area contributed by atoms with E-state index in [9.17, 15) is 0 Å². The maximum absolute atomic E-state index is 8.84. The molecule has 3 heteroatoms. The Kier molecular flexibility index (Phi) is 6.86. The molecule has 0 bridgehead atoms. The Hall–Kier alpha value is -0.380. The second-order valence-electron chi connectivity index (χ2n) is 3.52. The van der Waals surface area contributed by atoms with E-state index in [2.05, 4.69) is 18.8 Å². The summed E-state index contributed by atoms with van der Waals surface area (Å²) in [5.74, 6) is 0.470. The highest BCUT2D eigenvalue weighted by molar-refractivity contribution is 4.79. The Balaban J connectivity index is 3.81. The first kappa shape index (κ1) is 12.6. The molecule has 0 radical (unpaired) electrons. The molecule has 0 rings (SSSR count). The van der Waals surface area contributed by atoms with Gasteiger partial charge in [-0.1, -0.05) is 13.0 Å². The van der Waals surface area contributed by atoms with Gasteiger partial charge in [0, 0.05) is 6.04 Å². The molecule has 0 aliphatic carbocycles. The van der Waals surface area contributed by atoms with Gasteiger partial charge in [-0.15, -0.1) is 6.58 Å². The van der Waals surface area contributed by atoms with Crippen molar-refractivity contribution in [3.8, 4) is 0 Å². The molecule has 78 valence electrons. The third-order valence-corrected chi connectivity index (χ3v) is 2.33. The monoisotopic (exact) mass is 187 g/mol. The van der Waals surface area contributed by atoms with Crippen molar-refractivity contribution in [2.75, 3.05) is 13.2 Å². The third-order valence-electron chi connectivity index (χ3n) is 2.33. The van der Waals surface area contributed by atoms with E-state index in [-0.39, 0.29) is 25.3 Å². The summed E-state index contributed by atoms with van der Waals surface area (Å²) in [7, 11) is 0. The van der Waals surface area contributed by atoms with Crippen molar-refractivity contribution in [3.05, 3.63) is 12.7 Å². The van der Waals surface area contributed by atoms with Gasteiger partial charge in [0.1, 0.15) is 0 Å². The fraction of sp³-hybridized carbons (Fsp3) is 0.800. The van der Waals surface area contributed by atoms with E-state index in [4.69, 9.17) is 10.2 Å².